The first-order valence-electron chi connectivity index (χ1n) is 7.81. The fourth-order valence-corrected chi connectivity index (χ4v) is 3.22. The topological polar surface area (TPSA) is 55.1 Å². The number of benzene rings is 1. The van der Waals surface area contributed by atoms with Gasteiger partial charge in [-0.3, -0.25) is 4.79 Å². The van der Waals surface area contributed by atoms with E-state index in [1.807, 2.05) is 18.2 Å². The van der Waals surface area contributed by atoms with Crippen LogP contribution >= 0.6 is 0 Å². The second-order valence-electron chi connectivity index (χ2n) is 5.77. The van der Waals surface area contributed by atoms with Crippen LogP contribution in [-0.4, -0.2) is 12.5 Å². The average Bonchev–Trinajstić information content (AvgIpc) is 2.53. The van der Waals surface area contributed by atoms with Crippen molar-refractivity contribution in [3.63, 3.8) is 0 Å². The Hall–Kier alpha value is -1.35. The molecule has 1 aromatic rings. The Kier molecular flexibility index (Phi) is 5.60. The van der Waals surface area contributed by atoms with Crippen molar-refractivity contribution >= 4 is 5.91 Å². The number of hydrogen-bond acceptors (Lipinski definition) is 2. The lowest BCUT2D eigenvalue weighted by Gasteiger charge is -2.31. The van der Waals surface area contributed by atoms with Gasteiger partial charge in [0.25, 0.3) is 0 Å². The number of carbonyl (C=O) groups is 1. The molecular weight excluding hydrogens is 248 g/mol. The predicted molar refractivity (Wildman–Crippen MR) is 82.1 cm³/mol. The Bertz CT molecular complexity index is 418. The maximum Gasteiger partial charge on any atom is 0.223 e. The fourth-order valence-electron chi connectivity index (χ4n) is 3.22. The van der Waals surface area contributed by atoms with Crippen molar-refractivity contribution in [1.82, 2.24) is 5.32 Å². The van der Waals surface area contributed by atoms with Crippen LogP contribution in [0.4, 0.5) is 0 Å². The van der Waals surface area contributed by atoms with Crippen molar-refractivity contribution in [2.75, 3.05) is 6.54 Å². The third-order valence-corrected chi connectivity index (χ3v) is 4.48. The number of hydrogen-bond donors (Lipinski definition) is 2. The molecule has 3 atom stereocenters. The summed E-state index contributed by atoms with van der Waals surface area (Å²) in [4.78, 5) is 12.5. The summed E-state index contributed by atoms with van der Waals surface area (Å²) in [5.41, 5.74) is 7.01. The van der Waals surface area contributed by atoms with Gasteiger partial charge in [0.15, 0.2) is 0 Å². The molecule has 0 aromatic heterocycles. The SMILES string of the molecule is CCC(NC(=O)C1CCCCC1CN)c1ccccc1. The quantitative estimate of drug-likeness (QED) is 0.867. The molecule has 3 unspecified atom stereocenters. The van der Waals surface area contributed by atoms with Crippen molar-refractivity contribution in [3.05, 3.63) is 35.9 Å². The van der Waals surface area contributed by atoms with Gasteiger partial charge >= 0.3 is 0 Å². The lowest BCUT2D eigenvalue weighted by molar-refractivity contribution is -0.128. The molecule has 1 saturated carbocycles. The van der Waals surface area contributed by atoms with Crippen LogP contribution in [0.1, 0.15) is 50.6 Å². The molecule has 0 bridgehead atoms. The number of nitrogens with two attached hydrogens (primary N) is 1. The van der Waals surface area contributed by atoms with Crippen molar-refractivity contribution in [2.24, 2.45) is 17.6 Å². The smallest absolute Gasteiger partial charge is 0.223 e. The first kappa shape index (κ1) is 15.0. The van der Waals surface area contributed by atoms with Gasteiger partial charge < -0.3 is 11.1 Å². The van der Waals surface area contributed by atoms with Crippen LogP contribution in [0.25, 0.3) is 0 Å². The van der Waals surface area contributed by atoms with Crippen molar-refractivity contribution in [1.29, 1.82) is 0 Å². The maximum atomic E-state index is 12.5. The molecule has 2 rings (SSSR count). The molecule has 20 heavy (non-hydrogen) atoms. The predicted octanol–water partition coefficient (Wildman–Crippen LogP) is 3.02. The molecule has 3 N–H and O–H groups in total. The zero-order chi connectivity index (χ0) is 14.4. The number of carbonyl (C=O) groups excluding carboxylic acids is 1. The maximum absolute atomic E-state index is 12.5. The summed E-state index contributed by atoms with van der Waals surface area (Å²) in [6.07, 6.45) is 5.35. The molecule has 110 valence electrons. The molecule has 3 nitrogen and oxygen atoms in total. The molecule has 0 radical (unpaired) electrons. The van der Waals surface area contributed by atoms with E-state index in [9.17, 15) is 4.79 Å². The van der Waals surface area contributed by atoms with E-state index in [0.29, 0.717) is 12.5 Å². The van der Waals surface area contributed by atoms with E-state index in [1.165, 1.54) is 12.0 Å². The van der Waals surface area contributed by atoms with Crippen molar-refractivity contribution < 1.29 is 4.79 Å². The first-order chi connectivity index (χ1) is 9.76. The van der Waals surface area contributed by atoms with Crippen LogP contribution in [0.2, 0.25) is 0 Å². The molecule has 0 heterocycles. The van der Waals surface area contributed by atoms with E-state index in [4.69, 9.17) is 5.73 Å². The van der Waals surface area contributed by atoms with Gasteiger partial charge in [-0.15, -0.1) is 0 Å². The normalized spacial score (nSPS) is 24.1. The van der Waals surface area contributed by atoms with E-state index >= 15 is 0 Å². The Balaban J connectivity index is 2.01. The minimum Gasteiger partial charge on any atom is -0.349 e. The third-order valence-electron chi connectivity index (χ3n) is 4.48. The lowest BCUT2D eigenvalue weighted by Crippen LogP contribution is -2.40. The molecular formula is C17H26N2O. The molecule has 0 aliphatic heterocycles. The van der Waals surface area contributed by atoms with Crippen LogP contribution in [0.15, 0.2) is 30.3 Å². The summed E-state index contributed by atoms with van der Waals surface area (Å²) < 4.78 is 0. The summed E-state index contributed by atoms with van der Waals surface area (Å²) in [5, 5.41) is 3.22. The van der Waals surface area contributed by atoms with E-state index in [1.54, 1.807) is 0 Å². The highest BCUT2D eigenvalue weighted by atomic mass is 16.2. The monoisotopic (exact) mass is 274 g/mol. The zero-order valence-electron chi connectivity index (χ0n) is 12.3. The molecule has 1 aliphatic carbocycles. The number of amides is 1. The largest absolute Gasteiger partial charge is 0.349 e. The highest BCUT2D eigenvalue weighted by molar-refractivity contribution is 5.79. The second kappa shape index (κ2) is 7.44. The van der Waals surface area contributed by atoms with Gasteiger partial charge in [-0.25, -0.2) is 0 Å². The van der Waals surface area contributed by atoms with Gasteiger partial charge in [0.05, 0.1) is 6.04 Å². The van der Waals surface area contributed by atoms with Gasteiger partial charge in [0, 0.05) is 5.92 Å². The molecule has 1 aromatic carbocycles. The van der Waals surface area contributed by atoms with Crippen LogP contribution in [0.3, 0.4) is 0 Å². The Morgan fingerprint density at radius 1 is 1.30 bits per heavy atom. The second-order valence-corrected chi connectivity index (χ2v) is 5.77. The average molecular weight is 274 g/mol. The van der Waals surface area contributed by atoms with E-state index in [-0.39, 0.29) is 17.9 Å². The lowest BCUT2D eigenvalue weighted by atomic mass is 9.78. The molecule has 1 amide bonds. The van der Waals surface area contributed by atoms with E-state index < -0.39 is 0 Å². The van der Waals surface area contributed by atoms with Crippen LogP contribution in [0.5, 0.6) is 0 Å². The molecule has 0 spiro atoms. The van der Waals surface area contributed by atoms with Gasteiger partial charge in [-0.2, -0.15) is 0 Å². The molecule has 0 saturated heterocycles. The zero-order valence-corrected chi connectivity index (χ0v) is 12.3. The Morgan fingerprint density at radius 3 is 2.65 bits per heavy atom. The number of rotatable bonds is 5. The van der Waals surface area contributed by atoms with Crippen LogP contribution in [0, 0.1) is 11.8 Å². The molecule has 1 aliphatic rings. The summed E-state index contributed by atoms with van der Waals surface area (Å²) >= 11 is 0. The van der Waals surface area contributed by atoms with Crippen molar-refractivity contribution in [2.45, 2.75) is 45.1 Å². The highest BCUT2D eigenvalue weighted by Gasteiger charge is 2.30. The Labute approximate surface area is 121 Å². The minimum atomic E-state index is 0.103. The van der Waals surface area contributed by atoms with Crippen molar-refractivity contribution in [3.8, 4) is 0 Å². The number of nitrogens with one attached hydrogen (secondary N) is 1. The summed E-state index contributed by atoms with van der Waals surface area (Å²) in [6.45, 7) is 2.74. The first-order valence-corrected chi connectivity index (χ1v) is 7.81. The summed E-state index contributed by atoms with van der Waals surface area (Å²) in [5.74, 6) is 0.652. The van der Waals surface area contributed by atoms with Gasteiger partial charge in [-0.1, -0.05) is 50.1 Å². The van der Waals surface area contributed by atoms with E-state index in [0.717, 1.165) is 25.7 Å². The molecule has 1 fully saturated rings. The van der Waals surface area contributed by atoms with Gasteiger partial charge in [0.2, 0.25) is 5.91 Å². The standard InChI is InChI=1S/C17H26N2O/c1-2-16(13-8-4-3-5-9-13)19-17(20)15-11-7-6-10-14(15)12-18/h3-5,8-9,14-16H,2,6-7,10-12,18H2,1H3,(H,19,20). The molecule has 3 heteroatoms. The van der Waals surface area contributed by atoms with Gasteiger partial charge in [0.1, 0.15) is 0 Å². The van der Waals surface area contributed by atoms with Gasteiger partial charge in [-0.05, 0) is 37.3 Å². The Morgan fingerprint density at radius 2 is 2.00 bits per heavy atom. The summed E-state index contributed by atoms with van der Waals surface area (Å²) in [6, 6.07) is 10.3. The highest BCUT2D eigenvalue weighted by Crippen LogP contribution is 2.30. The fraction of sp³-hybridized carbons (Fsp3) is 0.588. The third kappa shape index (κ3) is 3.60. The van der Waals surface area contributed by atoms with E-state index in [2.05, 4.69) is 24.4 Å². The van der Waals surface area contributed by atoms with Crippen LogP contribution in [-0.2, 0) is 4.79 Å². The van der Waals surface area contributed by atoms with Crippen LogP contribution < -0.4 is 11.1 Å². The minimum absolute atomic E-state index is 0.103. The summed E-state index contributed by atoms with van der Waals surface area (Å²) in [7, 11) is 0.